The van der Waals surface area contributed by atoms with E-state index in [2.05, 4.69) is 10.3 Å². The number of pyridine rings is 1. The fourth-order valence-electron chi connectivity index (χ4n) is 2.14. The van der Waals surface area contributed by atoms with Gasteiger partial charge in [-0.2, -0.15) is 0 Å². The van der Waals surface area contributed by atoms with Gasteiger partial charge >= 0.3 is 0 Å². The van der Waals surface area contributed by atoms with Gasteiger partial charge in [-0.05, 0) is 25.0 Å². The Balaban J connectivity index is 2.58. The minimum Gasteiger partial charge on any atom is -0.324 e. The summed E-state index contributed by atoms with van der Waals surface area (Å²) in [5.74, 6) is 0.0937. The molecule has 1 aromatic rings. The second-order valence-electron chi connectivity index (χ2n) is 3.64. The van der Waals surface area contributed by atoms with Gasteiger partial charge in [-0.15, -0.1) is 0 Å². The van der Waals surface area contributed by atoms with Crippen LogP contribution in [0.4, 0.5) is 5.69 Å². The van der Waals surface area contributed by atoms with Crippen LogP contribution in [0.3, 0.4) is 0 Å². The van der Waals surface area contributed by atoms with Gasteiger partial charge < -0.3 is 5.32 Å². The molecule has 14 heavy (non-hydrogen) atoms. The lowest BCUT2D eigenvalue weighted by Crippen LogP contribution is -2.33. The van der Waals surface area contributed by atoms with Crippen LogP contribution in [0.15, 0.2) is 18.3 Å². The molecular formula is C11H14N2O. The first-order valence-corrected chi connectivity index (χ1v) is 5.01. The molecular weight excluding hydrogens is 176 g/mol. The highest BCUT2D eigenvalue weighted by atomic mass is 16.2. The van der Waals surface area contributed by atoms with Crippen molar-refractivity contribution in [1.82, 2.24) is 4.98 Å². The van der Waals surface area contributed by atoms with Gasteiger partial charge in [-0.3, -0.25) is 9.78 Å². The summed E-state index contributed by atoms with van der Waals surface area (Å²) < 4.78 is 0. The molecule has 0 aromatic carbocycles. The molecule has 2 rings (SSSR count). The second kappa shape index (κ2) is 3.08. The number of nitrogens with zero attached hydrogens (tertiary/aromatic N) is 1. The third-order valence-electron chi connectivity index (χ3n) is 3.15. The van der Waals surface area contributed by atoms with E-state index in [9.17, 15) is 4.79 Å². The Kier molecular flexibility index (Phi) is 2.02. The molecule has 0 atom stereocenters. The zero-order valence-corrected chi connectivity index (χ0v) is 8.50. The average Bonchev–Trinajstić information content (AvgIpc) is 2.50. The number of hydrogen-bond acceptors (Lipinski definition) is 2. The number of hydrogen-bond donors (Lipinski definition) is 1. The van der Waals surface area contributed by atoms with Crippen LogP contribution in [0.1, 0.15) is 32.4 Å². The summed E-state index contributed by atoms with van der Waals surface area (Å²) in [7, 11) is 0. The standard InChI is InChI=1S/C11H14N2O/c1-3-11(4-2)9-8(13-10(11)14)6-5-7-12-9/h5-7H,3-4H2,1-2H3,(H,13,14). The predicted molar refractivity (Wildman–Crippen MR) is 55.1 cm³/mol. The molecule has 0 saturated heterocycles. The van der Waals surface area contributed by atoms with Crippen LogP contribution in [-0.2, 0) is 10.2 Å². The molecule has 3 nitrogen and oxygen atoms in total. The van der Waals surface area contributed by atoms with Crippen molar-refractivity contribution < 1.29 is 4.79 Å². The Bertz CT molecular complexity index is 369. The maximum atomic E-state index is 11.9. The summed E-state index contributed by atoms with van der Waals surface area (Å²) in [5.41, 5.74) is 1.40. The minimum atomic E-state index is -0.392. The molecule has 1 aromatic heterocycles. The lowest BCUT2D eigenvalue weighted by atomic mass is 9.80. The maximum Gasteiger partial charge on any atom is 0.236 e. The Morgan fingerprint density at radius 3 is 2.79 bits per heavy atom. The van der Waals surface area contributed by atoms with Crippen molar-refractivity contribution >= 4 is 11.6 Å². The van der Waals surface area contributed by atoms with Crippen LogP contribution < -0.4 is 5.32 Å². The zero-order chi connectivity index (χ0) is 10.2. The molecule has 0 fully saturated rings. The fourth-order valence-corrected chi connectivity index (χ4v) is 2.14. The van der Waals surface area contributed by atoms with Gasteiger partial charge in [0.15, 0.2) is 0 Å². The number of amides is 1. The number of carbonyl (C=O) groups is 1. The van der Waals surface area contributed by atoms with E-state index >= 15 is 0 Å². The summed E-state index contributed by atoms with van der Waals surface area (Å²) >= 11 is 0. The molecule has 2 heterocycles. The van der Waals surface area contributed by atoms with E-state index in [0.29, 0.717) is 0 Å². The molecule has 1 aliphatic heterocycles. The monoisotopic (exact) mass is 190 g/mol. The van der Waals surface area contributed by atoms with E-state index in [1.165, 1.54) is 0 Å². The normalized spacial score (nSPS) is 17.7. The fraction of sp³-hybridized carbons (Fsp3) is 0.455. The molecule has 1 aliphatic rings. The Labute approximate surface area is 83.5 Å². The molecule has 0 unspecified atom stereocenters. The number of carbonyl (C=O) groups excluding carboxylic acids is 1. The number of anilines is 1. The summed E-state index contributed by atoms with van der Waals surface area (Å²) in [4.78, 5) is 16.2. The number of nitrogens with one attached hydrogen (secondary N) is 1. The van der Waals surface area contributed by atoms with Gasteiger partial charge in [-0.25, -0.2) is 0 Å². The summed E-state index contributed by atoms with van der Waals surface area (Å²) in [6, 6.07) is 3.76. The third-order valence-corrected chi connectivity index (χ3v) is 3.15. The van der Waals surface area contributed by atoms with Crippen molar-refractivity contribution in [3.63, 3.8) is 0 Å². The van der Waals surface area contributed by atoms with Crippen molar-refractivity contribution in [1.29, 1.82) is 0 Å². The van der Waals surface area contributed by atoms with Crippen LogP contribution in [0.25, 0.3) is 0 Å². The number of rotatable bonds is 2. The Morgan fingerprint density at radius 1 is 1.43 bits per heavy atom. The Morgan fingerprint density at radius 2 is 2.14 bits per heavy atom. The van der Waals surface area contributed by atoms with E-state index in [1.807, 2.05) is 26.0 Å². The van der Waals surface area contributed by atoms with E-state index in [-0.39, 0.29) is 5.91 Å². The van der Waals surface area contributed by atoms with Crippen LogP contribution >= 0.6 is 0 Å². The predicted octanol–water partition coefficient (Wildman–Crippen LogP) is 2.09. The first kappa shape index (κ1) is 9.19. The quantitative estimate of drug-likeness (QED) is 0.775. The molecule has 1 N–H and O–H groups in total. The average molecular weight is 190 g/mol. The first-order chi connectivity index (χ1) is 6.74. The largest absolute Gasteiger partial charge is 0.324 e. The molecule has 0 saturated carbocycles. The lowest BCUT2D eigenvalue weighted by molar-refractivity contribution is -0.121. The highest BCUT2D eigenvalue weighted by Crippen LogP contribution is 2.40. The summed E-state index contributed by atoms with van der Waals surface area (Å²) in [6.07, 6.45) is 3.36. The van der Waals surface area contributed by atoms with Gasteiger partial charge in [-0.1, -0.05) is 13.8 Å². The zero-order valence-electron chi connectivity index (χ0n) is 8.50. The van der Waals surface area contributed by atoms with E-state index in [0.717, 1.165) is 24.2 Å². The van der Waals surface area contributed by atoms with Crippen molar-refractivity contribution in [3.05, 3.63) is 24.0 Å². The van der Waals surface area contributed by atoms with Crippen LogP contribution in [0.5, 0.6) is 0 Å². The molecule has 74 valence electrons. The number of aromatic nitrogens is 1. The molecule has 3 heteroatoms. The topological polar surface area (TPSA) is 42.0 Å². The minimum absolute atomic E-state index is 0.0937. The third kappa shape index (κ3) is 0.983. The summed E-state index contributed by atoms with van der Waals surface area (Å²) in [5, 5.41) is 2.89. The highest BCUT2D eigenvalue weighted by molar-refractivity contribution is 6.05. The van der Waals surface area contributed by atoms with Crippen molar-refractivity contribution in [2.45, 2.75) is 32.1 Å². The molecule has 0 radical (unpaired) electrons. The van der Waals surface area contributed by atoms with Crippen LogP contribution in [0, 0.1) is 0 Å². The van der Waals surface area contributed by atoms with Crippen molar-refractivity contribution in [3.8, 4) is 0 Å². The van der Waals surface area contributed by atoms with Crippen LogP contribution in [-0.4, -0.2) is 10.9 Å². The number of fused-ring (bicyclic) bond motifs is 1. The van der Waals surface area contributed by atoms with Crippen molar-refractivity contribution in [2.24, 2.45) is 0 Å². The van der Waals surface area contributed by atoms with Gasteiger partial charge in [0.05, 0.1) is 16.8 Å². The Hall–Kier alpha value is -1.38. The van der Waals surface area contributed by atoms with Crippen molar-refractivity contribution in [2.75, 3.05) is 5.32 Å². The molecule has 0 spiro atoms. The molecule has 1 amide bonds. The van der Waals surface area contributed by atoms with Gasteiger partial charge in [0.2, 0.25) is 5.91 Å². The van der Waals surface area contributed by atoms with Gasteiger partial charge in [0.1, 0.15) is 0 Å². The van der Waals surface area contributed by atoms with E-state index in [4.69, 9.17) is 0 Å². The molecule has 0 aliphatic carbocycles. The maximum absolute atomic E-state index is 11.9. The smallest absolute Gasteiger partial charge is 0.236 e. The van der Waals surface area contributed by atoms with E-state index in [1.54, 1.807) is 6.20 Å². The molecule has 0 bridgehead atoms. The highest BCUT2D eigenvalue weighted by Gasteiger charge is 2.44. The van der Waals surface area contributed by atoms with Crippen LogP contribution in [0.2, 0.25) is 0 Å². The van der Waals surface area contributed by atoms with Gasteiger partial charge in [0.25, 0.3) is 0 Å². The summed E-state index contributed by atoms with van der Waals surface area (Å²) in [6.45, 7) is 4.07. The second-order valence-corrected chi connectivity index (χ2v) is 3.64. The lowest BCUT2D eigenvalue weighted by Gasteiger charge is -2.22. The van der Waals surface area contributed by atoms with E-state index < -0.39 is 5.41 Å². The van der Waals surface area contributed by atoms with Gasteiger partial charge in [0, 0.05) is 6.20 Å². The SMILES string of the molecule is CCC1(CC)C(=O)Nc2cccnc21. The first-order valence-electron chi connectivity index (χ1n) is 5.01.